The summed E-state index contributed by atoms with van der Waals surface area (Å²) in [5, 5.41) is 0.799. The standard InChI is InChI=1S/C16H22N4O2S/c1-12(2)19-6-8-20(9-7-19)16-14-10-13(23(3,21)22)4-5-15(14)17-11-18-16/h4-5,10-12H,6-9H2,1-3H3. The lowest BCUT2D eigenvalue weighted by Gasteiger charge is -2.37. The fourth-order valence-electron chi connectivity index (χ4n) is 2.95. The Morgan fingerprint density at radius 3 is 2.39 bits per heavy atom. The van der Waals surface area contributed by atoms with E-state index in [0.717, 1.165) is 42.9 Å². The summed E-state index contributed by atoms with van der Waals surface area (Å²) in [5.74, 6) is 0.823. The Morgan fingerprint density at radius 1 is 1.09 bits per heavy atom. The maximum Gasteiger partial charge on any atom is 0.175 e. The normalized spacial score (nSPS) is 17.1. The second kappa shape index (κ2) is 6.05. The van der Waals surface area contributed by atoms with Crippen molar-refractivity contribution in [1.82, 2.24) is 14.9 Å². The van der Waals surface area contributed by atoms with Gasteiger partial charge < -0.3 is 4.90 Å². The summed E-state index contributed by atoms with van der Waals surface area (Å²) in [6.07, 6.45) is 2.77. The van der Waals surface area contributed by atoms with Gasteiger partial charge in [0, 0.05) is 43.9 Å². The van der Waals surface area contributed by atoms with Gasteiger partial charge in [0.05, 0.1) is 10.4 Å². The maximum absolute atomic E-state index is 11.8. The van der Waals surface area contributed by atoms with E-state index >= 15 is 0 Å². The van der Waals surface area contributed by atoms with Gasteiger partial charge in [-0.1, -0.05) is 0 Å². The summed E-state index contributed by atoms with van der Waals surface area (Å²) in [4.78, 5) is 13.6. The molecule has 1 saturated heterocycles. The number of hydrogen-bond acceptors (Lipinski definition) is 6. The third-order valence-corrected chi connectivity index (χ3v) is 5.47. The number of nitrogens with zero attached hydrogens (tertiary/aromatic N) is 4. The van der Waals surface area contributed by atoms with E-state index in [-0.39, 0.29) is 0 Å². The van der Waals surface area contributed by atoms with Crippen molar-refractivity contribution in [3.05, 3.63) is 24.5 Å². The van der Waals surface area contributed by atoms with Crippen LogP contribution in [0.2, 0.25) is 0 Å². The molecule has 2 heterocycles. The highest BCUT2D eigenvalue weighted by Gasteiger charge is 2.22. The Bertz CT molecular complexity index is 812. The van der Waals surface area contributed by atoms with Crippen LogP contribution < -0.4 is 4.90 Å². The number of benzene rings is 1. The number of aromatic nitrogens is 2. The van der Waals surface area contributed by atoms with E-state index in [1.807, 2.05) is 0 Å². The minimum Gasteiger partial charge on any atom is -0.353 e. The van der Waals surface area contributed by atoms with Crippen LogP contribution in [0.4, 0.5) is 5.82 Å². The molecule has 1 aliphatic rings. The van der Waals surface area contributed by atoms with E-state index in [0.29, 0.717) is 10.9 Å². The van der Waals surface area contributed by atoms with Crippen LogP contribution in [0.15, 0.2) is 29.4 Å². The maximum atomic E-state index is 11.8. The molecule has 124 valence electrons. The Hall–Kier alpha value is -1.73. The molecule has 0 atom stereocenters. The lowest BCUT2D eigenvalue weighted by molar-refractivity contribution is 0.209. The van der Waals surface area contributed by atoms with Crippen molar-refractivity contribution in [3.63, 3.8) is 0 Å². The lowest BCUT2D eigenvalue weighted by Crippen LogP contribution is -2.49. The van der Waals surface area contributed by atoms with Crippen LogP contribution in [-0.4, -0.2) is 61.8 Å². The molecule has 1 aromatic carbocycles. The first-order valence-corrected chi connectivity index (χ1v) is 9.69. The summed E-state index contributed by atoms with van der Waals surface area (Å²) in [6, 6.07) is 5.58. The topological polar surface area (TPSA) is 66.4 Å². The average molecular weight is 334 g/mol. The largest absolute Gasteiger partial charge is 0.353 e. The van der Waals surface area contributed by atoms with Gasteiger partial charge in [0.1, 0.15) is 12.1 Å². The van der Waals surface area contributed by atoms with Crippen molar-refractivity contribution in [1.29, 1.82) is 0 Å². The molecule has 0 saturated carbocycles. The molecule has 1 fully saturated rings. The molecule has 0 amide bonds. The molecule has 7 heteroatoms. The lowest BCUT2D eigenvalue weighted by atomic mass is 10.2. The molecule has 1 aromatic heterocycles. The SMILES string of the molecule is CC(C)N1CCN(c2ncnc3ccc(S(C)(=O)=O)cc23)CC1. The van der Waals surface area contributed by atoms with Crippen LogP contribution in [0, 0.1) is 0 Å². The number of fused-ring (bicyclic) bond motifs is 1. The van der Waals surface area contributed by atoms with Gasteiger partial charge in [0.15, 0.2) is 9.84 Å². The van der Waals surface area contributed by atoms with Gasteiger partial charge >= 0.3 is 0 Å². The summed E-state index contributed by atoms with van der Waals surface area (Å²) in [7, 11) is -3.24. The van der Waals surface area contributed by atoms with Crippen LogP contribution in [0.5, 0.6) is 0 Å². The molecule has 0 N–H and O–H groups in total. The van der Waals surface area contributed by atoms with Crippen LogP contribution in [0.1, 0.15) is 13.8 Å². The molecule has 0 spiro atoms. The van der Waals surface area contributed by atoms with Crippen LogP contribution in [0.25, 0.3) is 10.9 Å². The number of hydrogen-bond donors (Lipinski definition) is 0. The second-order valence-electron chi connectivity index (χ2n) is 6.27. The minimum atomic E-state index is -3.24. The number of piperazine rings is 1. The van der Waals surface area contributed by atoms with Crippen LogP contribution in [-0.2, 0) is 9.84 Å². The Kier molecular flexibility index (Phi) is 4.25. The summed E-state index contributed by atoms with van der Waals surface area (Å²) >= 11 is 0. The zero-order valence-corrected chi connectivity index (χ0v) is 14.5. The van der Waals surface area contributed by atoms with Crippen molar-refractivity contribution in [3.8, 4) is 0 Å². The van der Waals surface area contributed by atoms with Gasteiger partial charge in [-0.2, -0.15) is 0 Å². The van der Waals surface area contributed by atoms with E-state index in [1.165, 1.54) is 6.26 Å². The van der Waals surface area contributed by atoms with Gasteiger partial charge in [0.2, 0.25) is 0 Å². The minimum absolute atomic E-state index is 0.307. The predicted octanol–water partition coefficient (Wildman–Crippen LogP) is 1.56. The zero-order valence-electron chi connectivity index (χ0n) is 13.7. The third kappa shape index (κ3) is 3.30. The van der Waals surface area contributed by atoms with Gasteiger partial charge in [-0.3, -0.25) is 4.90 Å². The third-order valence-electron chi connectivity index (χ3n) is 4.36. The van der Waals surface area contributed by atoms with Gasteiger partial charge in [0.25, 0.3) is 0 Å². The highest BCUT2D eigenvalue weighted by molar-refractivity contribution is 7.90. The summed E-state index contributed by atoms with van der Waals surface area (Å²) in [5.41, 5.74) is 0.772. The Labute approximate surface area is 137 Å². The fraction of sp³-hybridized carbons (Fsp3) is 0.500. The molecule has 0 aliphatic carbocycles. The molecule has 3 rings (SSSR count). The molecule has 0 radical (unpaired) electrons. The first-order valence-electron chi connectivity index (χ1n) is 7.80. The molecule has 0 unspecified atom stereocenters. The summed E-state index contributed by atoms with van der Waals surface area (Å²) in [6.45, 7) is 8.13. The second-order valence-corrected chi connectivity index (χ2v) is 8.28. The molecule has 6 nitrogen and oxygen atoms in total. The van der Waals surface area contributed by atoms with E-state index in [4.69, 9.17) is 0 Å². The fourth-order valence-corrected chi connectivity index (χ4v) is 3.60. The smallest absolute Gasteiger partial charge is 0.175 e. The van der Waals surface area contributed by atoms with Gasteiger partial charge in [-0.05, 0) is 32.0 Å². The summed E-state index contributed by atoms with van der Waals surface area (Å²) < 4.78 is 23.6. The van der Waals surface area contributed by atoms with Crippen molar-refractivity contribution in [2.75, 3.05) is 37.3 Å². The van der Waals surface area contributed by atoms with E-state index in [1.54, 1.807) is 24.5 Å². The molecule has 0 bridgehead atoms. The predicted molar refractivity (Wildman–Crippen MR) is 91.6 cm³/mol. The first-order chi connectivity index (χ1) is 10.9. The monoisotopic (exact) mass is 334 g/mol. The molecule has 23 heavy (non-hydrogen) atoms. The Morgan fingerprint density at radius 2 is 1.78 bits per heavy atom. The number of anilines is 1. The van der Waals surface area contributed by atoms with Crippen molar-refractivity contribution in [2.45, 2.75) is 24.8 Å². The first kappa shape index (κ1) is 16.1. The van der Waals surface area contributed by atoms with Crippen LogP contribution >= 0.6 is 0 Å². The highest BCUT2D eigenvalue weighted by Crippen LogP contribution is 2.26. The highest BCUT2D eigenvalue weighted by atomic mass is 32.2. The Balaban J connectivity index is 1.98. The van der Waals surface area contributed by atoms with Crippen LogP contribution in [0.3, 0.4) is 0 Å². The molecule has 2 aromatic rings. The molecule has 1 aliphatic heterocycles. The molecular formula is C16H22N4O2S. The average Bonchev–Trinajstić information content (AvgIpc) is 2.53. The van der Waals surface area contributed by atoms with Gasteiger partial charge in [-0.15, -0.1) is 0 Å². The number of rotatable bonds is 3. The quantitative estimate of drug-likeness (QED) is 0.849. The van der Waals surface area contributed by atoms with Crippen molar-refractivity contribution >= 4 is 26.6 Å². The number of sulfone groups is 1. The van der Waals surface area contributed by atoms with E-state index < -0.39 is 9.84 Å². The van der Waals surface area contributed by atoms with Gasteiger partial charge in [-0.25, -0.2) is 18.4 Å². The molecular weight excluding hydrogens is 312 g/mol. The van der Waals surface area contributed by atoms with Crippen molar-refractivity contribution in [2.24, 2.45) is 0 Å². The van der Waals surface area contributed by atoms with E-state index in [2.05, 4.69) is 33.6 Å². The van der Waals surface area contributed by atoms with E-state index in [9.17, 15) is 8.42 Å². The van der Waals surface area contributed by atoms with Crippen molar-refractivity contribution < 1.29 is 8.42 Å². The zero-order chi connectivity index (χ0) is 16.6.